The summed E-state index contributed by atoms with van der Waals surface area (Å²) in [5.41, 5.74) is 0. The SMILES string of the molecule is CCCN(C)SC1CCN(C=O)CC1. The Morgan fingerprint density at radius 3 is 2.64 bits per heavy atom. The second-order valence-electron chi connectivity index (χ2n) is 3.80. The topological polar surface area (TPSA) is 23.6 Å². The molecule has 82 valence electrons. The van der Waals surface area contributed by atoms with Crippen molar-refractivity contribution in [2.75, 3.05) is 26.7 Å². The number of carbonyl (C=O) groups is 1. The summed E-state index contributed by atoms with van der Waals surface area (Å²) in [6, 6.07) is 0. The molecular formula is C10H20N2OS. The predicted octanol–water partition coefficient (Wildman–Crippen LogP) is 1.60. The maximum Gasteiger partial charge on any atom is 0.209 e. The maximum atomic E-state index is 10.5. The minimum Gasteiger partial charge on any atom is -0.345 e. The normalized spacial score (nSPS) is 18.9. The van der Waals surface area contributed by atoms with Crippen molar-refractivity contribution in [2.45, 2.75) is 31.4 Å². The smallest absolute Gasteiger partial charge is 0.209 e. The summed E-state index contributed by atoms with van der Waals surface area (Å²) >= 11 is 1.95. The predicted molar refractivity (Wildman–Crippen MR) is 61.2 cm³/mol. The second kappa shape index (κ2) is 6.30. The van der Waals surface area contributed by atoms with Crippen LogP contribution in [-0.2, 0) is 4.79 Å². The van der Waals surface area contributed by atoms with E-state index in [1.807, 2.05) is 16.8 Å². The standard InChI is InChI=1S/C10H20N2OS/c1-3-6-11(2)14-10-4-7-12(9-13)8-5-10/h9-10H,3-8H2,1-2H3. The molecule has 0 radical (unpaired) electrons. The van der Waals surface area contributed by atoms with Crippen LogP contribution in [0.15, 0.2) is 0 Å². The van der Waals surface area contributed by atoms with Crippen molar-refractivity contribution in [2.24, 2.45) is 0 Å². The largest absolute Gasteiger partial charge is 0.345 e. The van der Waals surface area contributed by atoms with Gasteiger partial charge in [0.15, 0.2) is 0 Å². The van der Waals surface area contributed by atoms with Crippen LogP contribution in [0.4, 0.5) is 0 Å². The van der Waals surface area contributed by atoms with Gasteiger partial charge in [0.05, 0.1) is 0 Å². The Morgan fingerprint density at radius 2 is 2.14 bits per heavy atom. The van der Waals surface area contributed by atoms with E-state index in [9.17, 15) is 4.79 Å². The van der Waals surface area contributed by atoms with Gasteiger partial charge in [-0.2, -0.15) is 0 Å². The third kappa shape index (κ3) is 3.88. The molecule has 0 spiro atoms. The van der Waals surface area contributed by atoms with E-state index in [1.165, 1.54) is 6.42 Å². The summed E-state index contributed by atoms with van der Waals surface area (Å²) in [5.74, 6) is 0. The summed E-state index contributed by atoms with van der Waals surface area (Å²) in [6.45, 7) is 5.22. The van der Waals surface area contributed by atoms with Gasteiger partial charge in [0.1, 0.15) is 0 Å². The van der Waals surface area contributed by atoms with Gasteiger partial charge < -0.3 is 4.90 Å². The van der Waals surface area contributed by atoms with Crippen LogP contribution in [0.25, 0.3) is 0 Å². The van der Waals surface area contributed by atoms with Gasteiger partial charge >= 0.3 is 0 Å². The molecule has 0 saturated carbocycles. The number of carbonyl (C=O) groups excluding carboxylic acids is 1. The van der Waals surface area contributed by atoms with E-state index in [2.05, 4.69) is 18.3 Å². The molecular weight excluding hydrogens is 196 g/mol. The van der Waals surface area contributed by atoms with Gasteiger partial charge in [-0.1, -0.05) is 18.9 Å². The van der Waals surface area contributed by atoms with Crippen molar-refractivity contribution in [3.63, 3.8) is 0 Å². The summed E-state index contributed by atoms with van der Waals surface area (Å²) in [5, 5.41) is 0.711. The molecule has 3 nitrogen and oxygen atoms in total. The third-order valence-corrected chi connectivity index (χ3v) is 3.81. The molecule has 0 atom stereocenters. The molecule has 0 aromatic rings. The maximum absolute atomic E-state index is 10.5. The molecule has 1 heterocycles. The zero-order valence-corrected chi connectivity index (χ0v) is 9.92. The van der Waals surface area contributed by atoms with Gasteiger partial charge in [-0.15, -0.1) is 0 Å². The van der Waals surface area contributed by atoms with Crippen LogP contribution in [0.1, 0.15) is 26.2 Å². The van der Waals surface area contributed by atoms with Crippen molar-refractivity contribution in [1.82, 2.24) is 9.21 Å². The first-order valence-corrected chi connectivity index (χ1v) is 6.17. The Labute approximate surface area is 91.0 Å². The Kier molecular flexibility index (Phi) is 5.33. The number of likely N-dealkylation sites (tertiary alicyclic amines) is 1. The van der Waals surface area contributed by atoms with Gasteiger partial charge in [-0.05, 0) is 26.3 Å². The highest BCUT2D eigenvalue weighted by atomic mass is 32.2. The fourth-order valence-electron chi connectivity index (χ4n) is 1.71. The van der Waals surface area contributed by atoms with Crippen LogP contribution in [0.5, 0.6) is 0 Å². The molecule has 1 saturated heterocycles. The van der Waals surface area contributed by atoms with E-state index in [-0.39, 0.29) is 0 Å². The van der Waals surface area contributed by atoms with E-state index in [0.29, 0.717) is 5.25 Å². The molecule has 0 aliphatic carbocycles. The van der Waals surface area contributed by atoms with Crippen molar-refractivity contribution in [3.8, 4) is 0 Å². The van der Waals surface area contributed by atoms with E-state index in [4.69, 9.17) is 0 Å². The fourth-order valence-corrected chi connectivity index (χ4v) is 2.93. The number of rotatable bonds is 5. The lowest BCUT2D eigenvalue weighted by Crippen LogP contribution is -2.34. The Morgan fingerprint density at radius 1 is 1.50 bits per heavy atom. The van der Waals surface area contributed by atoms with Gasteiger partial charge in [-0.3, -0.25) is 9.10 Å². The lowest BCUT2D eigenvalue weighted by molar-refractivity contribution is -0.118. The van der Waals surface area contributed by atoms with Gasteiger partial charge in [0.2, 0.25) is 6.41 Å². The van der Waals surface area contributed by atoms with Gasteiger partial charge in [0.25, 0.3) is 0 Å². The zero-order valence-electron chi connectivity index (χ0n) is 9.11. The molecule has 0 bridgehead atoms. The summed E-state index contributed by atoms with van der Waals surface area (Å²) in [4.78, 5) is 12.4. The fraction of sp³-hybridized carbons (Fsp3) is 0.900. The Hall–Kier alpha value is -0.220. The quantitative estimate of drug-likeness (QED) is 0.515. The Bertz CT molecular complexity index is 170. The van der Waals surface area contributed by atoms with Crippen LogP contribution in [0.2, 0.25) is 0 Å². The van der Waals surface area contributed by atoms with Crippen molar-refractivity contribution >= 4 is 18.4 Å². The van der Waals surface area contributed by atoms with E-state index in [0.717, 1.165) is 38.9 Å². The molecule has 0 unspecified atom stereocenters. The monoisotopic (exact) mass is 216 g/mol. The zero-order chi connectivity index (χ0) is 10.4. The first kappa shape index (κ1) is 11.9. The third-order valence-electron chi connectivity index (χ3n) is 2.49. The summed E-state index contributed by atoms with van der Waals surface area (Å²) in [6.07, 6.45) is 4.45. The van der Waals surface area contributed by atoms with Gasteiger partial charge in [-0.25, -0.2) is 0 Å². The Balaban J connectivity index is 2.18. The molecule has 0 aromatic carbocycles. The first-order valence-electron chi connectivity index (χ1n) is 5.33. The number of piperidine rings is 1. The average molecular weight is 216 g/mol. The molecule has 1 amide bonds. The van der Waals surface area contributed by atoms with Crippen LogP contribution >= 0.6 is 11.9 Å². The van der Waals surface area contributed by atoms with Crippen molar-refractivity contribution in [1.29, 1.82) is 0 Å². The minimum atomic E-state index is 0.711. The van der Waals surface area contributed by atoms with E-state index >= 15 is 0 Å². The first-order chi connectivity index (χ1) is 6.76. The molecule has 1 rings (SSSR count). The molecule has 14 heavy (non-hydrogen) atoms. The molecule has 0 N–H and O–H groups in total. The lowest BCUT2D eigenvalue weighted by Gasteiger charge is -2.30. The highest BCUT2D eigenvalue weighted by Crippen LogP contribution is 2.24. The van der Waals surface area contributed by atoms with Crippen LogP contribution in [-0.4, -0.2) is 47.5 Å². The van der Waals surface area contributed by atoms with E-state index < -0.39 is 0 Å². The number of amides is 1. The highest BCUT2D eigenvalue weighted by molar-refractivity contribution is 7.97. The van der Waals surface area contributed by atoms with Gasteiger partial charge in [0, 0.05) is 24.9 Å². The molecule has 0 aromatic heterocycles. The van der Waals surface area contributed by atoms with Crippen LogP contribution < -0.4 is 0 Å². The van der Waals surface area contributed by atoms with E-state index in [1.54, 1.807) is 0 Å². The summed E-state index contributed by atoms with van der Waals surface area (Å²) < 4.78 is 2.32. The number of hydrogen-bond acceptors (Lipinski definition) is 3. The van der Waals surface area contributed by atoms with Crippen LogP contribution in [0, 0.1) is 0 Å². The molecule has 4 heteroatoms. The molecule has 1 aliphatic heterocycles. The second-order valence-corrected chi connectivity index (χ2v) is 5.30. The summed E-state index contributed by atoms with van der Waals surface area (Å²) in [7, 11) is 2.15. The van der Waals surface area contributed by atoms with Crippen molar-refractivity contribution in [3.05, 3.63) is 0 Å². The molecule has 1 aliphatic rings. The minimum absolute atomic E-state index is 0.711. The number of hydrogen-bond donors (Lipinski definition) is 0. The van der Waals surface area contributed by atoms with Crippen molar-refractivity contribution < 1.29 is 4.79 Å². The lowest BCUT2D eigenvalue weighted by atomic mass is 10.1. The number of nitrogens with zero attached hydrogens (tertiary/aromatic N) is 2. The highest BCUT2D eigenvalue weighted by Gasteiger charge is 2.19. The average Bonchev–Trinajstić information content (AvgIpc) is 2.19. The van der Waals surface area contributed by atoms with Crippen LogP contribution in [0.3, 0.4) is 0 Å². The molecule has 1 fully saturated rings.